The predicted molar refractivity (Wildman–Crippen MR) is 114 cm³/mol. The molecule has 0 fully saturated rings. The minimum Gasteiger partial charge on any atom is -0.598 e. The number of amides is 1. The number of anilines is 1. The molecule has 1 aliphatic rings. The smallest absolute Gasteiger partial charge is 0.414 e. The van der Waals surface area contributed by atoms with Crippen LogP contribution in [-0.4, -0.2) is 21.9 Å². The molecule has 150 valence electrons. The van der Waals surface area contributed by atoms with E-state index in [1.54, 1.807) is 4.90 Å². The van der Waals surface area contributed by atoms with Gasteiger partial charge >= 0.3 is 6.09 Å². The maximum absolute atomic E-state index is 12.5. The first-order valence-corrected chi connectivity index (χ1v) is 10.7. The molecule has 2 aromatic carbocycles. The van der Waals surface area contributed by atoms with Crippen molar-refractivity contribution in [3.8, 4) is 0 Å². The molecule has 0 aliphatic carbocycles. The summed E-state index contributed by atoms with van der Waals surface area (Å²) in [6, 6.07) is 15.7. The van der Waals surface area contributed by atoms with Crippen molar-refractivity contribution in [3.05, 3.63) is 65.2 Å². The first-order valence-electron chi connectivity index (χ1n) is 9.55. The second kappa shape index (κ2) is 8.55. The van der Waals surface area contributed by atoms with E-state index in [-0.39, 0.29) is 23.5 Å². The minimum atomic E-state index is -1.14. The fourth-order valence-corrected chi connectivity index (χ4v) is 3.89. The maximum atomic E-state index is 12.5. The average Bonchev–Trinajstić information content (AvgIpc) is 3.09. The molecule has 1 aliphatic heterocycles. The monoisotopic (exact) mass is 400 g/mol. The largest absolute Gasteiger partial charge is 0.598 e. The fourth-order valence-electron chi connectivity index (χ4n) is 3.08. The third-order valence-electron chi connectivity index (χ3n) is 4.76. The van der Waals surface area contributed by atoms with Gasteiger partial charge in [-0.05, 0) is 56.9 Å². The van der Waals surface area contributed by atoms with E-state index in [0.29, 0.717) is 6.54 Å². The normalized spacial score (nSPS) is 15.8. The lowest BCUT2D eigenvalue weighted by Crippen LogP contribution is -2.40. The number of benzene rings is 2. The average molecular weight is 401 g/mol. The number of ether oxygens (including phenoxy) is 1. The Labute approximate surface area is 170 Å². The fraction of sp³-hybridized carbons (Fsp3) is 0.409. The maximum Gasteiger partial charge on any atom is 0.414 e. The number of carbonyl (C=O) groups is 1. The van der Waals surface area contributed by atoms with Gasteiger partial charge in [0.15, 0.2) is 0 Å². The number of hydrogen-bond donors (Lipinski definition) is 1. The van der Waals surface area contributed by atoms with Crippen molar-refractivity contribution in [1.82, 2.24) is 4.72 Å². The first kappa shape index (κ1) is 20.7. The molecule has 0 bridgehead atoms. The van der Waals surface area contributed by atoms with Crippen molar-refractivity contribution in [2.45, 2.75) is 51.5 Å². The van der Waals surface area contributed by atoms with Crippen LogP contribution in [0.5, 0.6) is 0 Å². The highest BCUT2D eigenvalue weighted by Crippen LogP contribution is 2.31. The van der Waals surface area contributed by atoms with E-state index < -0.39 is 11.4 Å². The number of nitrogens with one attached hydrogen (secondary N) is 1. The molecule has 0 aromatic heterocycles. The summed E-state index contributed by atoms with van der Waals surface area (Å²) in [5, 5.41) is 0. The molecule has 2 atom stereocenters. The molecule has 1 unspecified atom stereocenters. The molecule has 3 rings (SSSR count). The zero-order chi connectivity index (χ0) is 20.3. The van der Waals surface area contributed by atoms with Crippen LogP contribution in [0.2, 0.25) is 0 Å². The molecule has 1 heterocycles. The van der Waals surface area contributed by atoms with E-state index in [2.05, 4.69) is 10.8 Å². The summed E-state index contributed by atoms with van der Waals surface area (Å²) in [4.78, 5) is 14.2. The van der Waals surface area contributed by atoms with Gasteiger partial charge in [0.2, 0.25) is 0 Å². The Morgan fingerprint density at radius 1 is 1.25 bits per heavy atom. The van der Waals surface area contributed by atoms with Gasteiger partial charge in [-0.3, -0.25) is 4.90 Å². The van der Waals surface area contributed by atoms with E-state index >= 15 is 0 Å². The van der Waals surface area contributed by atoms with Crippen LogP contribution >= 0.6 is 0 Å². The van der Waals surface area contributed by atoms with Crippen LogP contribution in [0.1, 0.15) is 50.4 Å². The number of hydrogen-bond acceptors (Lipinski definition) is 4. The second-order valence-corrected chi connectivity index (χ2v) is 10.0. The highest BCUT2D eigenvalue weighted by molar-refractivity contribution is 7.90. The summed E-state index contributed by atoms with van der Waals surface area (Å²) in [6.45, 7) is 8.73. The van der Waals surface area contributed by atoms with Crippen LogP contribution in [0, 0.1) is 0 Å². The highest BCUT2D eigenvalue weighted by atomic mass is 32.2. The molecular formula is C22H28N2O3S. The van der Waals surface area contributed by atoms with Crippen LogP contribution in [0.4, 0.5) is 10.5 Å². The SMILES string of the molecule is C[C@H](N[S+]([O-])C(C)(C)C)c1ccc2c(c1)CCN2C(=O)OCc1ccccc1. The Bertz CT molecular complexity index is 820. The molecular weight excluding hydrogens is 372 g/mol. The van der Waals surface area contributed by atoms with Crippen molar-refractivity contribution in [2.24, 2.45) is 0 Å². The predicted octanol–water partition coefficient (Wildman–Crippen LogP) is 4.50. The third-order valence-corrected chi connectivity index (χ3v) is 6.44. The summed E-state index contributed by atoms with van der Waals surface area (Å²) in [6.07, 6.45) is 0.467. The van der Waals surface area contributed by atoms with Crippen molar-refractivity contribution >= 4 is 23.1 Å². The van der Waals surface area contributed by atoms with Gasteiger partial charge in [-0.1, -0.05) is 42.5 Å². The first-order chi connectivity index (χ1) is 13.3. The van der Waals surface area contributed by atoms with E-state index in [9.17, 15) is 9.35 Å². The van der Waals surface area contributed by atoms with Gasteiger partial charge in [0.05, 0.1) is 11.7 Å². The molecule has 0 radical (unpaired) electrons. The van der Waals surface area contributed by atoms with Crippen molar-refractivity contribution in [1.29, 1.82) is 0 Å². The molecule has 1 N–H and O–H groups in total. The van der Waals surface area contributed by atoms with Crippen molar-refractivity contribution < 1.29 is 14.1 Å². The number of fused-ring (bicyclic) bond motifs is 1. The Morgan fingerprint density at radius 3 is 2.64 bits per heavy atom. The Morgan fingerprint density at radius 2 is 1.96 bits per heavy atom. The number of nitrogens with zero attached hydrogens (tertiary/aromatic N) is 1. The van der Waals surface area contributed by atoms with Gasteiger partial charge in [-0.25, -0.2) is 4.79 Å². The lowest BCUT2D eigenvalue weighted by molar-refractivity contribution is 0.147. The lowest BCUT2D eigenvalue weighted by Gasteiger charge is -2.26. The molecule has 0 saturated heterocycles. The summed E-state index contributed by atoms with van der Waals surface area (Å²) < 4.78 is 20.7. The van der Waals surface area contributed by atoms with Gasteiger partial charge in [-0.15, -0.1) is 4.72 Å². The summed E-state index contributed by atoms with van der Waals surface area (Å²) in [5.41, 5.74) is 4.04. The van der Waals surface area contributed by atoms with Crippen molar-refractivity contribution in [3.63, 3.8) is 0 Å². The quantitative estimate of drug-likeness (QED) is 0.751. The molecule has 0 spiro atoms. The number of carbonyl (C=O) groups excluding carboxylic acids is 1. The van der Waals surface area contributed by atoms with Crippen LogP contribution in [0.15, 0.2) is 48.5 Å². The molecule has 6 heteroatoms. The lowest BCUT2D eigenvalue weighted by atomic mass is 10.0. The van der Waals surface area contributed by atoms with E-state index in [1.807, 2.05) is 70.2 Å². The topological polar surface area (TPSA) is 64.6 Å². The molecule has 0 saturated carbocycles. The minimum absolute atomic E-state index is 0.0376. The van der Waals surface area contributed by atoms with Crippen LogP contribution in [0.25, 0.3) is 0 Å². The second-order valence-electron chi connectivity index (χ2n) is 8.05. The summed E-state index contributed by atoms with van der Waals surface area (Å²) >= 11 is -1.14. The Balaban J connectivity index is 1.64. The molecule has 1 amide bonds. The van der Waals surface area contributed by atoms with E-state index in [4.69, 9.17) is 4.74 Å². The van der Waals surface area contributed by atoms with Gasteiger partial charge < -0.3 is 9.29 Å². The number of rotatable bonds is 5. The van der Waals surface area contributed by atoms with E-state index in [1.165, 1.54) is 0 Å². The van der Waals surface area contributed by atoms with Gasteiger partial charge in [0.1, 0.15) is 11.4 Å². The third kappa shape index (κ3) is 4.87. The Hall–Kier alpha value is -2.02. The Kier molecular flexibility index (Phi) is 6.33. The van der Waals surface area contributed by atoms with Gasteiger partial charge in [0, 0.05) is 17.9 Å². The molecule has 2 aromatic rings. The van der Waals surface area contributed by atoms with Crippen LogP contribution in [0.3, 0.4) is 0 Å². The zero-order valence-corrected chi connectivity index (χ0v) is 17.7. The summed E-state index contributed by atoms with van der Waals surface area (Å²) in [7, 11) is 0. The van der Waals surface area contributed by atoms with Gasteiger partial charge in [-0.2, -0.15) is 0 Å². The summed E-state index contributed by atoms with van der Waals surface area (Å²) in [5.74, 6) is 0. The van der Waals surface area contributed by atoms with Crippen LogP contribution in [-0.2, 0) is 29.1 Å². The van der Waals surface area contributed by atoms with Crippen molar-refractivity contribution in [2.75, 3.05) is 11.4 Å². The standard InChI is InChI=1S/C22H28N2O3S/c1-16(23-28(26)22(2,3)4)18-10-11-20-19(14-18)12-13-24(20)21(25)27-15-17-8-6-5-7-9-17/h5-11,14,16,23H,12-13,15H2,1-4H3/t16-,28?/m0/s1. The highest BCUT2D eigenvalue weighted by Gasteiger charge is 2.30. The van der Waals surface area contributed by atoms with Crippen LogP contribution < -0.4 is 9.62 Å². The zero-order valence-electron chi connectivity index (χ0n) is 16.9. The molecule has 28 heavy (non-hydrogen) atoms. The van der Waals surface area contributed by atoms with E-state index in [0.717, 1.165) is 28.8 Å². The molecule has 5 nitrogen and oxygen atoms in total. The van der Waals surface area contributed by atoms with Gasteiger partial charge in [0.25, 0.3) is 0 Å².